The number of rotatable bonds is 5. The van der Waals surface area contributed by atoms with E-state index in [1.54, 1.807) is 0 Å². The first-order valence-corrected chi connectivity index (χ1v) is 4.79. The maximum atomic E-state index is 13.4. The molecule has 1 aromatic rings. The number of hydrogen-bond donors (Lipinski definition) is 2. The highest BCUT2D eigenvalue weighted by Crippen LogP contribution is 2.27. The standard InChI is InChI=1S/C10H9ClFNO3/c11-6-2-1-3-7(12)10(6)8(13-5-14)4-9(15)16/h1-3,5,8H,4H2,(H,13,14)(H,15,16)/t8-/m0/s1. The highest BCUT2D eigenvalue weighted by atomic mass is 35.5. The third-order valence-electron chi connectivity index (χ3n) is 2.00. The van der Waals surface area contributed by atoms with Crippen LogP contribution in [-0.4, -0.2) is 17.5 Å². The van der Waals surface area contributed by atoms with Crippen LogP contribution in [0.5, 0.6) is 0 Å². The molecule has 1 amide bonds. The molecule has 0 aromatic heterocycles. The Morgan fingerprint density at radius 3 is 2.81 bits per heavy atom. The molecule has 16 heavy (non-hydrogen) atoms. The van der Waals surface area contributed by atoms with E-state index in [1.165, 1.54) is 12.1 Å². The van der Waals surface area contributed by atoms with Gasteiger partial charge in [-0.05, 0) is 12.1 Å². The molecule has 6 heteroatoms. The molecule has 0 spiro atoms. The SMILES string of the molecule is O=CN[C@@H](CC(=O)O)c1c(F)cccc1Cl. The Hall–Kier alpha value is -1.62. The summed E-state index contributed by atoms with van der Waals surface area (Å²) in [6.07, 6.45) is -0.115. The van der Waals surface area contributed by atoms with Crippen LogP contribution in [0.15, 0.2) is 18.2 Å². The summed E-state index contributed by atoms with van der Waals surface area (Å²) >= 11 is 5.75. The highest BCUT2D eigenvalue weighted by Gasteiger charge is 2.20. The van der Waals surface area contributed by atoms with E-state index in [9.17, 15) is 14.0 Å². The minimum Gasteiger partial charge on any atom is -0.481 e. The molecule has 0 aliphatic heterocycles. The predicted molar refractivity (Wildman–Crippen MR) is 55.6 cm³/mol. The number of carbonyl (C=O) groups is 2. The topological polar surface area (TPSA) is 66.4 Å². The molecule has 0 saturated heterocycles. The summed E-state index contributed by atoms with van der Waals surface area (Å²) in [6, 6.07) is 3.02. The minimum atomic E-state index is -1.15. The van der Waals surface area contributed by atoms with Crippen LogP contribution in [0.1, 0.15) is 18.0 Å². The van der Waals surface area contributed by atoms with Crippen LogP contribution in [0.25, 0.3) is 0 Å². The van der Waals surface area contributed by atoms with Gasteiger partial charge in [0.25, 0.3) is 0 Å². The molecule has 4 nitrogen and oxygen atoms in total. The minimum absolute atomic E-state index is 0.0151. The average Bonchev–Trinajstić information content (AvgIpc) is 2.16. The fourth-order valence-corrected chi connectivity index (χ4v) is 1.64. The van der Waals surface area contributed by atoms with Crippen molar-refractivity contribution in [1.29, 1.82) is 0 Å². The van der Waals surface area contributed by atoms with E-state index in [-0.39, 0.29) is 10.6 Å². The van der Waals surface area contributed by atoms with Crippen molar-refractivity contribution in [2.45, 2.75) is 12.5 Å². The summed E-state index contributed by atoms with van der Waals surface area (Å²) in [5.41, 5.74) is -0.0151. The van der Waals surface area contributed by atoms with E-state index in [4.69, 9.17) is 16.7 Å². The summed E-state index contributed by atoms with van der Waals surface area (Å²) in [7, 11) is 0. The van der Waals surface area contributed by atoms with Crippen molar-refractivity contribution in [3.63, 3.8) is 0 Å². The molecular formula is C10H9ClFNO3. The lowest BCUT2D eigenvalue weighted by Gasteiger charge is -2.16. The van der Waals surface area contributed by atoms with Crippen LogP contribution >= 0.6 is 11.6 Å². The van der Waals surface area contributed by atoms with Crippen LogP contribution in [-0.2, 0) is 9.59 Å². The fourth-order valence-electron chi connectivity index (χ4n) is 1.34. The van der Waals surface area contributed by atoms with Crippen LogP contribution in [0.4, 0.5) is 4.39 Å². The van der Waals surface area contributed by atoms with E-state index < -0.39 is 24.2 Å². The molecule has 0 radical (unpaired) electrons. The van der Waals surface area contributed by atoms with Gasteiger partial charge in [-0.1, -0.05) is 17.7 Å². The molecule has 0 saturated carbocycles. The van der Waals surface area contributed by atoms with Crippen LogP contribution in [0, 0.1) is 5.82 Å². The van der Waals surface area contributed by atoms with Gasteiger partial charge in [0.05, 0.1) is 12.5 Å². The molecular weight excluding hydrogens is 237 g/mol. The molecule has 0 aliphatic carbocycles. The molecule has 0 fully saturated rings. The maximum absolute atomic E-state index is 13.4. The first kappa shape index (κ1) is 12.4. The normalized spacial score (nSPS) is 11.9. The summed E-state index contributed by atoms with van der Waals surface area (Å²) in [4.78, 5) is 20.9. The quantitative estimate of drug-likeness (QED) is 0.777. The van der Waals surface area contributed by atoms with Crippen molar-refractivity contribution in [2.24, 2.45) is 0 Å². The third kappa shape index (κ3) is 2.93. The number of benzene rings is 1. The molecule has 0 unspecified atom stereocenters. The molecule has 1 aromatic carbocycles. The second-order valence-electron chi connectivity index (χ2n) is 3.07. The highest BCUT2D eigenvalue weighted by molar-refractivity contribution is 6.31. The van der Waals surface area contributed by atoms with Crippen molar-refractivity contribution in [3.8, 4) is 0 Å². The van der Waals surface area contributed by atoms with Crippen molar-refractivity contribution in [2.75, 3.05) is 0 Å². The summed E-state index contributed by atoms with van der Waals surface area (Å²) < 4.78 is 13.4. The van der Waals surface area contributed by atoms with E-state index in [0.717, 1.165) is 6.07 Å². The Labute approximate surface area is 96.0 Å². The van der Waals surface area contributed by atoms with E-state index in [0.29, 0.717) is 6.41 Å². The summed E-state index contributed by atoms with van der Waals surface area (Å²) in [5.74, 6) is -1.80. The van der Waals surface area contributed by atoms with Gasteiger partial charge in [0.15, 0.2) is 0 Å². The van der Waals surface area contributed by atoms with E-state index in [1.807, 2.05) is 0 Å². The van der Waals surface area contributed by atoms with E-state index >= 15 is 0 Å². The van der Waals surface area contributed by atoms with Gasteiger partial charge in [-0.25, -0.2) is 4.39 Å². The Balaban J connectivity index is 3.09. The number of nitrogens with one attached hydrogen (secondary N) is 1. The lowest BCUT2D eigenvalue weighted by atomic mass is 10.0. The van der Waals surface area contributed by atoms with Crippen LogP contribution in [0.2, 0.25) is 5.02 Å². The van der Waals surface area contributed by atoms with Crippen molar-refractivity contribution in [1.82, 2.24) is 5.32 Å². The Kier molecular flexibility index (Phi) is 4.25. The lowest BCUT2D eigenvalue weighted by molar-refractivity contribution is -0.137. The molecule has 0 bridgehead atoms. The largest absolute Gasteiger partial charge is 0.481 e. The Morgan fingerprint density at radius 2 is 2.31 bits per heavy atom. The summed E-state index contributed by atoms with van der Waals surface area (Å²) in [5, 5.41) is 10.9. The molecule has 2 N–H and O–H groups in total. The van der Waals surface area contributed by atoms with Crippen molar-refractivity contribution < 1.29 is 19.1 Å². The fraction of sp³-hybridized carbons (Fsp3) is 0.200. The Morgan fingerprint density at radius 1 is 1.62 bits per heavy atom. The van der Waals surface area contributed by atoms with Gasteiger partial charge in [0, 0.05) is 10.6 Å². The monoisotopic (exact) mass is 245 g/mol. The first-order chi connectivity index (χ1) is 7.56. The molecule has 0 aliphatic rings. The number of carboxylic acid groups (broad SMARTS) is 1. The average molecular weight is 246 g/mol. The number of amides is 1. The number of halogens is 2. The Bertz CT molecular complexity index is 391. The van der Waals surface area contributed by atoms with Crippen molar-refractivity contribution in [3.05, 3.63) is 34.6 Å². The smallest absolute Gasteiger partial charge is 0.305 e. The summed E-state index contributed by atoms with van der Waals surface area (Å²) in [6.45, 7) is 0. The van der Waals surface area contributed by atoms with Gasteiger partial charge in [-0.15, -0.1) is 0 Å². The number of hydrogen-bond acceptors (Lipinski definition) is 2. The third-order valence-corrected chi connectivity index (χ3v) is 2.33. The van der Waals surface area contributed by atoms with E-state index in [2.05, 4.69) is 5.32 Å². The molecule has 86 valence electrons. The van der Waals surface area contributed by atoms with Gasteiger partial charge in [-0.3, -0.25) is 9.59 Å². The zero-order valence-corrected chi connectivity index (χ0v) is 8.87. The molecule has 0 heterocycles. The van der Waals surface area contributed by atoms with Gasteiger partial charge in [0.1, 0.15) is 5.82 Å². The lowest BCUT2D eigenvalue weighted by Crippen LogP contribution is -2.23. The maximum Gasteiger partial charge on any atom is 0.305 e. The number of carbonyl (C=O) groups excluding carboxylic acids is 1. The number of carboxylic acids is 1. The second-order valence-corrected chi connectivity index (χ2v) is 3.48. The second kappa shape index (κ2) is 5.46. The molecule has 1 rings (SSSR count). The van der Waals surface area contributed by atoms with Gasteiger partial charge in [0.2, 0.25) is 6.41 Å². The van der Waals surface area contributed by atoms with Gasteiger partial charge >= 0.3 is 5.97 Å². The predicted octanol–water partition coefficient (Wildman–Crippen LogP) is 1.74. The van der Waals surface area contributed by atoms with Gasteiger partial charge in [-0.2, -0.15) is 0 Å². The number of aliphatic carboxylic acids is 1. The van der Waals surface area contributed by atoms with Gasteiger partial charge < -0.3 is 10.4 Å². The zero-order chi connectivity index (χ0) is 12.1. The van der Waals surface area contributed by atoms with Crippen LogP contribution < -0.4 is 5.32 Å². The van der Waals surface area contributed by atoms with Crippen LogP contribution in [0.3, 0.4) is 0 Å². The first-order valence-electron chi connectivity index (χ1n) is 4.41. The van der Waals surface area contributed by atoms with Crippen molar-refractivity contribution >= 4 is 24.0 Å². The zero-order valence-electron chi connectivity index (χ0n) is 8.11. The molecule has 1 atom stereocenters.